The third kappa shape index (κ3) is 4.53. The molecule has 0 spiro atoms. The second-order valence-corrected chi connectivity index (χ2v) is 6.56. The highest BCUT2D eigenvalue weighted by Gasteiger charge is 2.28. The fraction of sp³-hybridized carbons (Fsp3) is 0.611. The van der Waals surface area contributed by atoms with Crippen LogP contribution in [0.2, 0.25) is 0 Å². The maximum atomic E-state index is 12.6. The number of carbonyl (C=O) groups is 1. The molecule has 1 unspecified atom stereocenters. The van der Waals surface area contributed by atoms with Crippen LogP contribution in [0.3, 0.4) is 0 Å². The van der Waals surface area contributed by atoms with Crippen molar-refractivity contribution in [1.29, 1.82) is 0 Å². The minimum absolute atomic E-state index is 0.0267. The smallest absolute Gasteiger partial charge is 0.229 e. The molecule has 2 heterocycles. The summed E-state index contributed by atoms with van der Waals surface area (Å²) in [6.45, 7) is 9.44. The van der Waals surface area contributed by atoms with Gasteiger partial charge in [-0.3, -0.25) is 9.69 Å². The first-order chi connectivity index (χ1) is 11.2. The Hall–Kier alpha value is -1.43. The maximum absolute atomic E-state index is 12.6. The van der Waals surface area contributed by atoms with E-state index in [9.17, 15) is 4.79 Å². The fourth-order valence-electron chi connectivity index (χ4n) is 3.20. The van der Waals surface area contributed by atoms with Gasteiger partial charge in [0.15, 0.2) is 0 Å². The Kier molecular flexibility index (Phi) is 5.65. The second kappa shape index (κ2) is 7.90. The summed E-state index contributed by atoms with van der Waals surface area (Å²) in [5, 5.41) is 3.28. The van der Waals surface area contributed by atoms with Crippen LogP contribution in [0.15, 0.2) is 24.3 Å². The van der Waals surface area contributed by atoms with E-state index in [0.29, 0.717) is 13.2 Å². The Labute approximate surface area is 138 Å². The summed E-state index contributed by atoms with van der Waals surface area (Å²) < 4.78 is 5.51. The molecule has 0 bridgehead atoms. The number of aryl methyl sites for hydroxylation is 1. The van der Waals surface area contributed by atoms with Crippen molar-refractivity contribution >= 4 is 5.91 Å². The highest BCUT2D eigenvalue weighted by atomic mass is 16.5. The topological polar surface area (TPSA) is 44.8 Å². The first-order valence-electron chi connectivity index (χ1n) is 8.57. The number of hydrogen-bond donors (Lipinski definition) is 1. The van der Waals surface area contributed by atoms with Crippen molar-refractivity contribution in [1.82, 2.24) is 15.1 Å². The Morgan fingerprint density at radius 3 is 2.70 bits per heavy atom. The standard InChI is InChI=1S/C18H27N3O2/c1-15-2-4-16(5-3-15)13-20-7-9-21(10-8-20)18(22)17-12-19-6-11-23-14-17/h2-5,17,19H,6-14H2,1H3. The summed E-state index contributed by atoms with van der Waals surface area (Å²) in [6, 6.07) is 8.71. The summed E-state index contributed by atoms with van der Waals surface area (Å²) in [5.41, 5.74) is 2.64. The first kappa shape index (κ1) is 16.4. The largest absolute Gasteiger partial charge is 0.379 e. The predicted octanol–water partition coefficient (Wildman–Crippen LogP) is 0.875. The van der Waals surface area contributed by atoms with Crippen molar-refractivity contribution in [3.8, 4) is 0 Å². The lowest BCUT2D eigenvalue weighted by atomic mass is 10.1. The minimum Gasteiger partial charge on any atom is -0.379 e. The lowest BCUT2D eigenvalue weighted by Gasteiger charge is -2.36. The number of carbonyl (C=O) groups excluding carboxylic acids is 1. The van der Waals surface area contributed by atoms with Crippen molar-refractivity contribution in [2.24, 2.45) is 5.92 Å². The molecule has 0 radical (unpaired) electrons. The number of piperazine rings is 1. The van der Waals surface area contributed by atoms with Gasteiger partial charge < -0.3 is 15.0 Å². The molecule has 23 heavy (non-hydrogen) atoms. The molecular weight excluding hydrogens is 290 g/mol. The van der Waals surface area contributed by atoms with Gasteiger partial charge in [0.25, 0.3) is 0 Å². The van der Waals surface area contributed by atoms with Crippen LogP contribution in [0.1, 0.15) is 11.1 Å². The van der Waals surface area contributed by atoms with Crippen molar-refractivity contribution in [3.63, 3.8) is 0 Å². The average Bonchev–Trinajstić information content (AvgIpc) is 2.86. The Morgan fingerprint density at radius 1 is 1.22 bits per heavy atom. The highest BCUT2D eigenvalue weighted by Crippen LogP contribution is 2.12. The third-order valence-electron chi connectivity index (χ3n) is 4.69. The van der Waals surface area contributed by atoms with Gasteiger partial charge in [0, 0.05) is 45.8 Å². The Balaban J connectivity index is 1.47. The number of rotatable bonds is 3. The van der Waals surface area contributed by atoms with E-state index < -0.39 is 0 Å². The molecule has 0 aliphatic carbocycles. The summed E-state index contributed by atoms with van der Waals surface area (Å²) >= 11 is 0. The van der Waals surface area contributed by atoms with E-state index in [1.807, 2.05) is 4.90 Å². The molecule has 126 valence electrons. The van der Waals surface area contributed by atoms with Crippen LogP contribution in [0.5, 0.6) is 0 Å². The number of nitrogens with zero attached hydrogens (tertiary/aromatic N) is 2. The van der Waals surface area contributed by atoms with Crippen LogP contribution in [0.25, 0.3) is 0 Å². The zero-order valence-corrected chi connectivity index (χ0v) is 14.0. The molecule has 2 fully saturated rings. The molecule has 0 aromatic heterocycles. The molecule has 2 aliphatic heterocycles. The lowest BCUT2D eigenvalue weighted by Crippen LogP contribution is -2.51. The zero-order chi connectivity index (χ0) is 16.1. The molecule has 1 N–H and O–H groups in total. The van der Waals surface area contributed by atoms with Crippen LogP contribution in [-0.2, 0) is 16.1 Å². The van der Waals surface area contributed by atoms with E-state index in [-0.39, 0.29) is 11.8 Å². The van der Waals surface area contributed by atoms with E-state index in [0.717, 1.165) is 45.8 Å². The molecule has 5 heteroatoms. The number of benzene rings is 1. The normalized spacial score (nSPS) is 23.5. The summed E-state index contributed by atoms with van der Waals surface area (Å²) in [4.78, 5) is 17.0. The van der Waals surface area contributed by atoms with Crippen LogP contribution in [0.4, 0.5) is 0 Å². The molecule has 5 nitrogen and oxygen atoms in total. The van der Waals surface area contributed by atoms with Crippen LogP contribution >= 0.6 is 0 Å². The molecule has 0 saturated carbocycles. The quantitative estimate of drug-likeness (QED) is 0.899. The Morgan fingerprint density at radius 2 is 1.96 bits per heavy atom. The van der Waals surface area contributed by atoms with Crippen LogP contribution in [-0.4, -0.2) is 68.2 Å². The van der Waals surface area contributed by atoms with Gasteiger partial charge >= 0.3 is 0 Å². The summed E-state index contributed by atoms with van der Waals surface area (Å²) in [6.07, 6.45) is 0. The maximum Gasteiger partial charge on any atom is 0.229 e. The molecule has 1 aromatic rings. The van der Waals surface area contributed by atoms with Gasteiger partial charge in [-0.25, -0.2) is 0 Å². The zero-order valence-electron chi connectivity index (χ0n) is 14.0. The Bertz CT molecular complexity index is 502. The minimum atomic E-state index is -0.0267. The van der Waals surface area contributed by atoms with Crippen molar-refractivity contribution in [2.75, 3.05) is 52.5 Å². The number of hydrogen-bond acceptors (Lipinski definition) is 4. The van der Waals surface area contributed by atoms with Gasteiger partial charge in [-0.15, -0.1) is 0 Å². The van der Waals surface area contributed by atoms with Gasteiger partial charge in [0.1, 0.15) is 0 Å². The van der Waals surface area contributed by atoms with Crippen molar-refractivity contribution < 1.29 is 9.53 Å². The van der Waals surface area contributed by atoms with Gasteiger partial charge in [0.05, 0.1) is 19.1 Å². The molecule has 1 amide bonds. The van der Waals surface area contributed by atoms with Gasteiger partial charge in [-0.2, -0.15) is 0 Å². The highest BCUT2D eigenvalue weighted by molar-refractivity contribution is 5.79. The molecule has 3 rings (SSSR count). The molecular formula is C18H27N3O2. The number of ether oxygens (including phenoxy) is 1. The molecule has 2 aliphatic rings. The van der Waals surface area contributed by atoms with E-state index in [1.165, 1.54) is 11.1 Å². The summed E-state index contributed by atoms with van der Waals surface area (Å²) in [7, 11) is 0. The van der Waals surface area contributed by atoms with E-state index in [2.05, 4.69) is 41.4 Å². The van der Waals surface area contributed by atoms with E-state index in [1.54, 1.807) is 0 Å². The first-order valence-corrected chi connectivity index (χ1v) is 8.57. The third-order valence-corrected chi connectivity index (χ3v) is 4.69. The molecule has 1 atom stereocenters. The van der Waals surface area contributed by atoms with Crippen molar-refractivity contribution in [3.05, 3.63) is 35.4 Å². The van der Waals surface area contributed by atoms with Gasteiger partial charge in [-0.05, 0) is 12.5 Å². The van der Waals surface area contributed by atoms with Gasteiger partial charge in [0.2, 0.25) is 5.91 Å². The fourth-order valence-corrected chi connectivity index (χ4v) is 3.20. The monoisotopic (exact) mass is 317 g/mol. The predicted molar refractivity (Wildman–Crippen MR) is 90.2 cm³/mol. The number of nitrogens with one attached hydrogen (secondary N) is 1. The SMILES string of the molecule is Cc1ccc(CN2CCN(C(=O)C3CNCCOC3)CC2)cc1. The summed E-state index contributed by atoms with van der Waals surface area (Å²) in [5.74, 6) is 0.218. The lowest BCUT2D eigenvalue weighted by molar-refractivity contribution is -0.138. The van der Waals surface area contributed by atoms with Gasteiger partial charge in [-0.1, -0.05) is 29.8 Å². The molecule has 1 aromatic carbocycles. The number of amides is 1. The molecule has 2 saturated heterocycles. The van der Waals surface area contributed by atoms with Crippen LogP contribution < -0.4 is 5.32 Å². The average molecular weight is 317 g/mol. The van der Waals surface area contributed by atoms with Crippen molar-refractivity contribution in [2.45, 2.75) is 13.5 Å². The van der Waals surface area contributed by atoms with E-state index in [4.69, 9.17) is 4.74 Å². The van der Waals surface area contributed by atoms with Crippen LogP contribution in [0, 0.1) is 12.8 Å². The second-order valence-electron chi connectivity index (χ2n) is 6.56. The van der Waals surface area contributed by atoms with E-state index >= 15 is 0 Å².